The van der Waals surface area contributed by atoms with Gasteiger partial charge in [0, 0.05) is 11.5 Å². The SMILES string of the molecule is NC1C(=O)N2C(C(=O)[O-])=C(CSc3nnnn3CS(=O)(=O)O)CSC12. The predicted octanol–water partition coefficient (Wildman–Crippen LogP) is -3.14. The molecule has 3 rings (SSSR count). The van der Waals surface area contributed by atoms with Gasteiger partial charge in [0.05, 0.1) is 11.7 Å². The molecule has 0 aromatic carbocycles. The molecule has 3 N–H and O–H groups in total. The van der Waals surface area contributed by atoms with Gasteiger partial charge < -0.3 is 15.6 Å². The number of carbonyl (C=O) groups excluding carboxylic acids is 2. The van der Waals surface area contributed by atoms with E-state index in [1.807, 2.05) is 0 Å². The smallest absolute Gasteiger partial charge is 0.285 e. The number of carboxylic acid groups (broad SMARTS) is 1. The number of tetrazole rings is 1. The zero-order valence-corrected chi connectivity index (χ0v) is 14.8. The van der Waals surface area contributed by atoms with Crippen LogP contribution in [0.15, 0.2) is 16.4 Å². The molecule has 2 aliphatic rings. The number of nitrogens with zero attached hydrogens (tertiary/aromatic N) is 5. The fraction of sp³-hybridized carbons (Fsp3) is 0.500. The van der Waals surface area contributed by atoms with E-state index >= 15 is 0 Å². The summed E-state index contributed by atoms with van der Waals surface area (Å²) in [4.78, 5) is 24.4. The summed E-state index contributed by atoms with van der Waals surface area (Å²) < 4.78 is 31.6. The van der Waals surface area contributed by atoms with Crippen LogP contribution in [0.3, 0.4) is 0 Å². The molecule has 2 unspecified atom stereocenters. The quantitative estimate of drug-likeness (QED) is 0.275. The van der Waals surface area contributed by atoms with Crippen molar-refractivity contribution in [1.82, 2.24) is 25.1 Å². The average molecular weight is 407 g/mol. The summed E-state index contributed by atoms with van der Waals surface area (Å²) in [7, 11) is -4.34. The van der Waals surface area contributed by atoms with Crippen LogP contribution >= 0.6 is 23.5 Å². The normalized spacial score (nSPS) is 23.4. The summed E-state index contributed by atoms with van der Waals surface area (Å²) in [5.41, 5.74) is 5.84. The number of carbonyl (C=O) groups is 2. The summed E-state index contributed by atoms with van der Waals surface area (Å²) in [5.74, 6) is -2.40. The molecule has 0 bridgehead atoms. The third kappa shape index (κ3) is 3.50. The number of thioether (sulfide) groups is 2. The second-order valence-electron chi connectivity index (χ2n) is 5.14. The van der Waals surface area contributed by atoms with Crippen molar-refractivity contribution in [3.63, 3.8) is 0 Å². The molecular formula is C10H11N6O6S3-. The zero-order chi connectivity index (χ0) is 18.4. The number of β-lactam (4-membered cyclic amide) rings is 1. The van der Waals surface area contributed by atoms with Crippen LogP contribution in [0.2, 0.25) is 0 Å². The molecule has 0 spiro atoms. The molecular weight excluding hydrogens is 396 g/mol. The number of rotatable bonds is 6. The molecule has 0 aliphatic carbocycles. The van der Waals surface area contributed by atoms with Gasteiger partial charge in [-0.3, -0.25) is 14.2 Å². The molecule has 1 amide bonds. The lowest BCUT2D eigenvalue weighted by atomic mass is 10.0. The van der Waals surface area contributed by atoms with Crippen LogP contribution in [0.1, 0.15) is 0 Å². The van der Waals surface area contributed by atoms with E-state index in [4.69, 9.17) is 10.3 Å². The van der Waals surface area contributed by atoms with Crippen LogP contribution < -0.4 is 10.8 Å². The summed E-state index contributed by atoms with van der Waals surface area (Å²) in [6.45, 7) is 0. The Labute approximate surface area is 149 Å². The fourth-order valence-corrected chi connectivity index (χ4v) is 5.24. The average Bonchev–Trinajstić information content (AvgIpc) is 2.96. The number of aromatic nitrogens is 4. The van der Waals surface area contributed by atoms with Crippen LogP contribution in [0.5, 0.6) is 0 Å². The minimum absolute atomic E-state index is 0.0709. The lowest BCUT2D eigenvalue weighted by molar-refractivity contribution is -0.301. The number of amides is 1. The largest absolute Gasteiger partial charge is 0.543 e. The van der Waals surface area contributed by atoms with Gasteiger partial charge in [0.15, 0.2) is 5.88 Å². The zero-order valence-electron chi connectivity index (χ0n) is 12.3. The molecule has 1 fully saturated rings. The van der Waals surface area contributed by atoms with Crippen LogP contribution in [-0.2, 0) is 25.6 Å². The highest BCUT2D eigenvalue weighted by Gasteiger charge is 2.50. The maximum absolute atomic E-state index is 11.8. The number of aliphatic carboxylic acids is 1. The topological polar surface area (TPSA) is 184 Å². The third-order valence-corrected chi connectivity index (χ3v) is 6.42. The van der Waals surface area contributed by atoms with Gasteiger partial charge >= 0.3 is 0 Å². The molecule has 2 aliphatic heterocycles. The molecule has 1 aromatic rings. The van der Waals surface area contributed by atoms with Crippen molar-refractivity contribution in [2.75, 3.05) is 11.5 Å². The molecule has 3 heterocycles. The minimum atomic E-state index is -4.34. The van der Waals surface area contributed by atoms with Gasteiger partial charge in [-0.05, 0) is 16.0 Å². The van der Waals surface area contributed by atoms with E-state index in [9.17, 15) is 23.1 Å². The number of nitrogens with two attached hydrogens (primary N) is 1. The molecule has 15 heteroatoms. The van der Waals surface area contributed by atoms with Crippen molar-refractivity contribution in [1.29, 1.82) is 0 Å². The molecule has 0 saturated carbocycles. The first-order chi connectivity index (χ1) is 11.7. The Bertz CT molecular complexity index is 866. The van der Waals surface area contributed by atoms with Crippen molar-refractivity contribution in [2.45, 2.75) is 22.4 Å². The molecule has 1 aromatic heterocycles. The van der Waals surface area contributed by atoms with E-state index in [1.54, 1.807) is 0 Å². The number of carboxylic acids is 1. The summed E-state index contributed by atoms with van der Waals surface area (Å²) in [6, 6.07) is -0.740. The number of hydrogen-bond acceptors (Lipinski definition) is 11. The fourth-order valence-electron chi connectivity index (χ4n) is 2.37. The minimum Gasteiger partial charge on any atom is -0.543 e. The molecule has 1 saturated heterocycles. The highest BCUT2D eigenvalue weighted by Crippen LogP contribution is 2.40. The Balaban J connectivity index is 1.79. The molecule has 25 heavy (non-hydrogen) atoms. The monoisotopic (exact) mass is 407 g/mol. The third-order valence-electron chi connectivity index (χ3n) is 3.44. The van der Waals surface area contributed by atoms with Crippen molar-refractivity contribution in [3.8, 4) is 0 Å². The first-order valence-corrected chi connectivity index (χ1v) is 10.3. The Morgan fingerprint density at radius 3 is 2.88 bits per heavy atom. The van der Waals surface area contributed by atoms with Crippen molar-refractivity contribution in [2.24, 2.45) is 5.73 Å². The molecule has 136 valence electrons. The van der Waals surface area contributed by atoms with Crippen molar-refractivity contribution in [3.05, 3.63) is 11.3 Å². The summed E-state index contributed by atoms with van der Waals surface area (Å²) >= 11 is 2.30. The first kappa shape index (κ1) is 18.1. The van der Waals surface area contributed by atoms with Gasteiger partial charge in [-0.1, -0.05) is 11.8 Å². The molecule has 0 radical (unpaired) electrons. The Morgan fingerprint density at radius 1 is 1.52 bits per heavy atom. The van der Waals surface area contributed by atoms with E-state index in [0.717, 1.165) is 21.3 Å². The lowest BCUT2D eigenvalue weighted by Gasteiger charge is -2.49. The van der Waals surface area contributed by atoms with E-state index in [1.165, 1.54) is 11.8 Å². The number of hydrogen-bond donors (Lipinski definition) is 2. The summed E-state index contributed by atoms with van der Waals surface area (Å²) in [6.07, 6.45) is 0. The van der Waals surface area contributed by atoms with Gasteiger partial charge in [-0.25, -0.2) is 4.68 Å². The van der Waals surface area contributed by atoms with Gasteiger partial charge in [-0.2, -0.15) is 8.42 Å². The molecule has 2 atom stereocenters. The van der Waals surface area contributed by atoms with Gasteiger partial charge in [0.25, 0.3) is 10.1 Å². The van der Waals surface area contributed by atoms with E-state index < -0.39 is 39.3 Å². The van der Waals surface area contributed by atoms with Crippen LogP contribution in [0.25, 0.3) is 0 Å². The highest BCUT2D eigenvalue weighted by atomic mass is 32.2. The van der Waals surface area contributed by atoms with Crippen molar-refractivity contribution >= 4 is 45.5 Å². The second-order valence-corrected chi connectivity index (χ2v) is 8.61. The van der Waals surface area contributed by atoms with E-state index in [2.05, 4.69) is 15.5 Å². The Hall–Kier alpha value is -1.68. The van der Waals surface area contributed by atoms with Gasteiger partial charge in [-0.15, -0.1) is 16.9 Å². The van der Waals surface area contributed by atoms with E-state index in [-0.39, 0.29) is 16.6 Å². The van der Waals surface area contributed by atoms with Gasteiger partial charge in [0.1, 0.15) is 11.4 Å². The second kappa shape index (κ2) is 6.56. The summed E-state index contributed by atoms with van der Waals surface area (Å²) in [5, 5.41) is 21.5. The van der Waals surface area contributed by atoms with Crippen LogP contribution in [-0.4, -0.2) is 72.9 Å². The van der Waals surface area contributed by atoms with Gasteiger partial charge in [0.2, 0.25) is 11.1 Å². The predicted molar refractivity (Wildman–Crippen MR) is 83.2 cm³/mol. The maximum Gasteiger partial charge on any atom is 0.285 e. The Morgan fingerprint density at radius 2 is 2.24 bits per heavy atom. The molecule has 12 nitrogen and oxygen atoms in total. The maximum atomic E-state index is 11.8. The van der Waals surface area contributed by atoms with Crippen LogP contribution in [0, 0.1) is 0 Å². The Kier molecular flexibility index (Phi) is 4.76. The van der Waals surface area contributed by atoms with E-state index in [0.29, 0.717) is 11.3 Å². The number of fused-ring (bicyclic) bond motifs is 1. The standard InChI is InChI=1S/C10H12N6O6S3/c11-5-7(17)16-6(9(18)19)4(1-23-8(5)16)2-24-10-12-13-14-15(10)3-25(20,21)22/h5,8H,1-3,11H2,(H,18,19)(H,20,21,22)/p-1. The lowest BCUT2D eigenvalue weighted by Crippen LogP contribution is -2.69. The van der Waals surface area contributed by atoms with Crippen molar-refractivity contribution < 1.29 is 27.7 Å². The highest BCUT2D eigenvalue weighted by molar-refractivity contribution is 8.01. The first-order valence-electron chi connectivity index (χ1n) is 6.67. The van der Waals surface area contributed by atoms with Crippen LogP contribution in [0.4, 0.5) is 0 Å².